The largest absolute Gasteiger partial charge is 0.378 e. The van der Waals surface area contributed by atoms with Gasteiger partial charge in [-0.2, -0.15) is 0 Å². The summed E-state index contributed by atoms with van der Waals surface area (Å²) in [6, 6.07) is 16.1. The molecule has 7 heteroatoms. The first-order chi connectivity index (χ1) is 14.7. The maximum Gasteiger partial charge on any atom is 0.191 e. The van der Waals surface area contributed by atoms with Gasteiger partial charge in [0.25, 0.3) is 0 Å². The van der Waals surface area contributed by atoms with Crippen LogP contribution in [-0.2, 0) is 16.7 Å². The monoisotopic (exact) mass is 538 g/mol. The molecule has 0 bridgehead atoms. The van der Waals surface area contributed by atoms with Crippen molar-refractivity contribution in [1.82, 2.24) is 10.6 Å². The number of hydrogen-bond acceptors (Lipinski definition) is 3. The van der Waals surface area contributed by atoms with Crippen LogP contribution in [0.1, 0.15) is 30.9 Å². The molecule has 0 spiro atoms. The summed E-state index contributed by atoms with van der Waals surface area (Å²) in [5.74, 6) is 0.584. The highest BCUT2D eigenvalue weighted by Crippen LogP contribution is 2.47. The highest BCUT2D eigenvalue weighted by Gasteiger charge is 2.44. The summed E-state index contributed by atoms with van der Waals surface area (Å²) in [4.78, 5) is 6.72. The van der Waals surface area contributed by atoms with Crippen LogP contribution in [0.25, 0.3) is 0 Å². The Morgan fingerprint density at radius 2 is 1.84 bits per heavy atom. The molecule has 1 saturated carbocycles. The Hall–Kier alpha value is -1.87. The minimum Gasteiger partial charge on any atom is -0.378 e. The SMILES string of the molecule is CCNC(=NCc1ccc(N2CCOCC2)c(F)c1)NCC1(c2ccccc2)CC1.I. The summed E-state index contributed by atoms with van der Waals surface area (Å²) in [6.45, 7) is 6.88. The molecule has 0 unspecified atom stereocenters. The molecule has 2 fully saturated rings. The van der Waals surface area contributed by atoms with Crippen LogP contribution < -0.4 is 15.5 Å². The van der Waals surface area contributed by atoms with E-state index in [9.17, 15) is 4.39 Å². The second-order valence-electron chi connectivity index (χ2n) is 8.08. The van der Waals surface area contributed by atoms with Crippen LogP contribution >= 0.6 is 24.0 Å². The molecule has 0 amide bonds. The number of rotatable bonds is 7. The molecule has 1 saturated heterocycles. The zero-order chi connectivity index (χ0) is 20.8. The molecule has 0 atom stereocenters. The van der Waals surface area contributed by atoms with E-state index in [1.807, 2.05) is 17.0 Å². The third kappa shape index (κ3) is 6.10. The van der Waals surface area contributed by atoms with Crippen molar-refractivity contribution < 1.29 is 9.13 Å². The molecule has 31 heavy (non-hydrogen) atoms. The topological polar surface area (TPSA) is 48.9 Å². The van der Waals surface area contributed by atoms with E-state index in [1.54, 1.807) is 6.07 Å². The van der Waals surface area contributed by atoms with Gasteiger partial charge >= 0.3 is 0 Å². The van der Waals surface area contributed by atoms with Gasteiger partial charge in [0.05, 0.1) is 25.4 Å². The van der Waals surface area contributed by atoms with Crippen molar-refractivity contribution in [1.29, 1.82) is 0 Å². The van der Waals surface area contributed by atoms with Gasteiger partial charge in [0.1, 0.15) is 5.82 Å². The van der Waals surface area contributed by atoms with Crippen molar-refractivity contribution in [3.63, 3.8) is 0 Å². The molecule has 1 aliphatic carbocycles. The zero-order valence-electron chi connectivity index (χ0n) is 18.1. The van der Waals surface area contributed by atoms with E-state index in [0.717, 1.165) is 37.7 Å². The van der Waals surface area contributed by atoms with Crippen molar-refractivity contribution in [2.75, 3.05) is 44.3 Å². The Bertz CT molecular complexity index is 867. The fourth-order valence-electron chi connectivity index (χ4n) is 3.98. The maximum atomic E-state index is 14.6. The van der Waals surface area contributed by atoms with Gasteiger partial charge in [-0.3, -0.25) is 0 Å². The van der Waals surface area contributed by atoms with E-state index in [0.29, 0.717) is 25.4 Å². The number of guanidine groups is 1. The standard InChI is InChI=1S/C24H31FN4O.HI/c1-2-26-23(28-18-24(10-11-24)20-6-4-3-5-7-20)27-17-19-8-9-22(21(25)16-19)29-12-14-30-15-13-29;/h3-9,16H,2,10-15,17-18H2,1H3,(H2,26,27,28);1H. The number of benzene rings is 2. The molecule has 2 aromatic carbocycles. The fourth-order valence-corrected chi connectivity index (χ4v) is 3.98. The summed E-state index contributed by atoms with van der Waals surface area (Å²) in [5, 5.41) is 6.80. The molecular formula is C24H32FIN4O. The first kappa shape index (κ1) is 23.8. The highest BCUT2D eigenvalue weighted by atomic mass is 127. The van der Waals surface area contributed by atoms with Crippen LogP contribution in [0.2, 0.25) is 0 Å². The van der Waals surface area contributed by atoms with Gasteiger partial charge in [-0.05, 0) is 43.0 Å². The molecule has 5 nitrogen and oxygen atoms in total. The molecule has 4 rings (SSSR count). The van der Waals surface area contributed by atoms with E-state index in [2.05, 4.69) is 52.9 Å². The first-order valence-electron chi connectivity index (χ1n) is 10.9. The summed E-state index contributed by atoms with van der Waals surface area (Å²) >= 11 is 0. The number of morpholine rings is 1. The number of nitrogens with one attached hydrogen (secondary N) is 2. The van der Waals surface area contributed by atoms with E-state index in [-0.39, 0.29) is 35.2 Å². The highest BCUT2D eigenvalue weighted by molar-refractivity contribution is 14.0. The Balaban J connectivity index is 0.00000272. The normalized spacial score (nSPS) is 17.6. The van der Waals surface area contributed by atoms with Gasteiger partial charge in [0.2, 0.25) is 0 Å². The average molecular weight is 538 g/mol. The molecule has 1 aliphatic heterocycles. The Kier molecular flexibility index (Phi) is 8.54. The number of aliphatic imine (C=N–C) groups is 1. The summed E-state index contributed by atoms with van der Waals surface area (Å²) in [6.07, 6.45) is 2.38. The lowest BCUT2D eigenvalue weighted by Gasteiger charge is -2.29. The Morgan fingerprint density at radius 1 is 1.10 bits per heavy atom. The van der Waals surface area contributed by atoms with Gasteiger partial charge in [0.15, 0.2) is 5.96 Å². The molecule has 1 heterocycles. The van der Waals surface area contributed by atoms with Crippen LogP contribution in [0, 0.1) is 5.82 Å². The van der Waals surface area contributed by atoms with E-state index in [1.165, 1.54) is 18.4 Å². The summed E-state index contributed by atoms with van der Waals surface area (Å²) in [5.41, 5.74) is 3.11. The summed E-state index contributed by atoms with van der Waals surface area (Å²) < 4.78 is 20.0. The van der Waals surface area contributed by atoms with Gasteiger partial charge < -0.3 is 20.3 Å². The zero-order valence-corrected chi connectivity index (χ0v) is 20.4. The number of halogens is 2. The second-order valence-corrected chi connectivity index (χ2v) is 8.08. The fraction of sp³-hybridized carbons (Fsp3) is 0.458. The lowest BCUT2D eigenvalue weighted by Crippen LogP contribution is -2.41. The van der Waals surface area contributed by atoms with Crippen LogP contribution in [-0.4, -0.2) is 45.4 Å². The molecule has 168 valence electrons. The smallest absolute Gasteiger partial charge is 0.191 e. The third-order valence-corrected chi connectivity index (χ3v) is 5.96. The van der Waals surface area contributed by atoms with E-state index < -0.39 is 0 Å². The lowest BCUT2D eigenvalue weighted by atomic mass is 9.96. The van der Waals surface area contributed by atoms with Crippen molar-refractivity contribution in [2.24, 2.45) is 4.99 Å². The van der Waals surface area contributed by atoms with Gasteiger partial charge in [-0.15, -0.1) is 24.0 Å². The minimum absolute atomic E-state index is 0. The molecule has 2 N–H and O–H groups in total. The molecular weight excluding hydrogens is 506 g/mol. The molecule has 2 aliphatic rings. The van der Waals surface area contributed by atoms with Crippen LogP contribution in [0.4, 0.5) is 10.1 Å². The number of hydrogen-bond donors (Lipinski definition) is 2. The average Bonchev–Trinajstić information content (AvgIpc) is 3.58. The minimum atomic E-state index is -0.191. The van der Waals surface area contributed by atoms with Crippen LogP contribution in [0.5, 0.6) is 0 Å². The third-order valence-electron chi connectivity index (χ3n) is 5.96. The van der Waals surface area contributed by atoms with Gasteiger partial charge in [-0.25, -0.2) is 9.38 Å². The van der Waals surface area contributed by atoms with Gasteiger partial charge in [0, 0.05) is 31.6 Å². The predicted molar refractivity (Wildman–Crippen MR) is 135 cm³/mol. The lowest BCUT2D eigenvalue weighted by molar-refractivity contribution is 0.122. The van der Waals surface area contributed by atoms with Crippen molar-refractivity contribution in [3.05, 3.63) is 65.5 Å². The van der Waals surface area contributed by atoms with Crippen LogP contribution in [0.3, 0.4) is 0 Å². The number of ether oxygens (including phenoxy) is 1. The van der Waals surface area contributed by atoms with E-state index in [4.69, 9.17) is 4.74 Å². The molecule has 0 aromatic heterocycles. The second kappa shape index (κ2) is 11.1. The van der Waals surface area contributed by atoms with Crippen molar-refractivity contribution in [2.45, 2.75) is 31.7 Å². The Labute approximate surface area is 201 Å². The first-order valence-corrected chi connectivity index (χ1v) is 10.9. The number of anilines is 1. The molecule has 0 radical (unpaired) electrons. The number of nitrogens with zero attached hydrogens (tertiary/aromatic N) is 2. The Morgan fingerprint density at radius 3 is 2.48 bits per heavy atom. The van der Waals surface area contributed by atoms with Gasteiger partial charge in [-0.1, -0.05) is 36.4 Å². The van der Waals surface area contributed by atoms with Crippen molar-refractivity contribution >= 4 is 35.6 Å². The van der Waals surface area contributed by atoms with Crippen molar-refractivity contribution in [3.8, 4) is 0 Å². The molecule has 2 aromatic rings. The predicted octanol–water partition coefficient (Wildman–Crippen LogP) is 4.07. The maximum absolute atomic E-state index is 14.6. The summed E-state index contributed by atoms with van der Waals surface area (Å²) in [7, 11) is 0. The quantitative estimate of drug-likeness (QED) is 0.317. The van der Waals surface area contributed by atoms with Crippen LogP contribution in [0.15, 0.2) is 53.5 Å². The van der Waals surface area contributed by atoms with E-state index >= 15 is 0 Å².